The summed E-state index contributed by atoms with van der Waals surface area (Å²) in [7, 11) is 0. The Morgan fingerprint density at radius 2 is 1.39 bits per heavy atom. The van der Waals surface area contributed by atoms with Crippen molar-refractivity contribution in [1.82, 2.24) is 4.90 Å². The van der Waals surface area contributed by atoms with Crippen LogP contribution < -0.4 is 0 Å². The fourth-order valence-corrected chi connectivity index (χ4v) is 3.74. The van der Waals surface area contributed by atoms with Crippen LogP contribution in [0.3, 0.4) is 0 Å². The van der Waals surface area contributed by atoms with Crippen molar-refractivity contribution in [2.75, 3.05) is 0 Å². The van der Waals surface area contributed by atoms with Crippen LogP contribution in [0.2, 0.25) is 0 Å². The Hall–Kier alpha value is -1.68. The van der Waals surface area contributed by atoms with Crippen LogP contribution in [-0.4, -0.2) is 34.4 Å². The van der Waals surface area contributed by atoms with Crippen LogP contribution in [0, 0.1) is 0 Å². The Bertz CT molecular complexity index is 589. The number of aliphatic hydroxyl groups is 1. The number of benzene rings is 2. The fourth-order valence-electron chi connectivity index (χ4n) is 3.74. The molecule has 1 N–H and O–H groups in total. The van der Waals surface area contributed by atoms with E-state index in [1.54, 1.807) is 0 Å². The molecule has 0 aromatic heterocycles. The third kappa shape index (κ3) is 3.32. The average molecular weight is 309 g/mol. The Morgan fingerprint density at radius 3 is 1.96 bits per heavy atom. The van der Waals surface area contributed by atoms with Crippen LogP contribution in [-0.2, 0) is 17.8 Å². The van der Waals surface area contributed by atoms with Crippen molar-refractivity contribution >= 4 is 0 Å². The minimum absolute atomic E-state index is 0.0581. The Labute approximate surface area is 137 Å². The van der Waals surface area contributed by atoms with Crippen molar-refractivity contribution in [2.45, 2.75) is 50.3 Å². The molecule has 4 atom stereocenters. The molecule has 0 unspecified atom stereocenters. The van der Waals surface area contributed by atoms with E-state index in [-0.39, 0.29) is 18.3 Å². The van der Waals surface area contributed by atoms with Gasteiger partial charge in [0.2, 0.25) is 0 Å². The number of ether oxygens (including phenoxy) is 1. The SMILES string of the molecule is O[C@H]1CC[C@@H](N(Cc2ccccc2)Cc2ccccc2)[C@@H]2O[C@@H]21. The van der Waals surface area contributed by atoms with Crippen LogP contribution in [0.15, 0.2) is 60.7 Å². The van der Waals surface area contributed by atoms with Crippen LogP contribution in [0.1, 0.15) is 24.0 Å². The van der Waals surface area contributed by atoms with Gasteiger partial charge in [0.25, 0.3) is 0 Å². The molecule has 0 spiro atoms. The van der Waals surface area contributed by atoms with Gasteiger partial charge in [-0.25, -0.2) is 0 Å². The van der Waals surface area contributed by atoms with Gasteiger partial charge in [0.1, 0.15) is 12.2 Å². The van der Waals surface area contributed by atoms with Crippen molar-refractivity contribution < 1.29 is 9.84 Å². The molecule has 1 heterocycles. The zero-order valence-corrected chi connectivity index (χ0v) is 13.2. The predicted octanol–water partition coefficient (Wildman–Crippen LogP) is 2.98. The number of hydrogen-bond acceptors (Lipinski definition) is 3. The normalized spacial score (nSPS) is 29.3. The average Bonchev–Trinajstić information content (AvgIpc) is 3.38. The van der Waals surface area contributed by atoms with Crippen molar-refractivity contribution in [1.29, 1.82) is 0 Å². The van der Waals surface area contributed by atoms with E-state index in [0.717, 1.165) is 25.9 Å². The third-order valence-corrected chi connectivity index (χ3v) is 5.00. The van der Waals surface area contributed by atoms with Crippen molar-refractivity contribution in [3.8, 4) is 0 Å². The van der Waals surface area contributed by atoms with Gasteiger partial charge in [-0.3, -0.25) is 4.90 Å². The highest BCUT2D eigenvalue weighted by molar-refractivity contribution is 5.18. The molecule has 0 bridgehead atoms. The van der Waals surface area contributed by atoms with Crippen LogP contribution in [0.5, 0.6) is 0 Å². The van der Waals surface area contributed by atoms with Gasteiger partial charge in [-0.05, 0) is 24.0 Å². The Kier molecular flexibility index (Phi) is 4.17. The molecule has 0 amide bonds. The molecule has 2 aliphatic rings. The second kappa shape index (κ2) is 6.44. The smallest absolute Gasteiger partial charge is 0.112 e. The fraction of sp³-hybridized carbons (Fsp3) is 0.400. The first-order valence-corrected chi connectivity index (χ1v) is 8.47. The summed E-state index contributed by atoms with van der Waals surface area (Å²) >= 11 is 0. The molecule has 0 radical (unpaired) electrons. The monoisotopic (exact) mass is 309 g/mol. The summed E-state index contributed by atoms with van der Waals surface area (Å²) in [6, 6.07) is 21.6. The van der Waals surface area contributed by atoms with E-state index in [4.69, 9.17) is 4.74 Å². The van der Waals surface area contributed by atoms with Gasteiger partial charge in [-0.1, -0.05) is 60.7 Å². The van der Waals surface area contributed by atoms with Crippen molar-refractivity contribution in [3.63, 3.8) is 0 Å². The molecule has 3 heteroatoms. The predicted molar refractivity (Wildman–Crippen MR) is 89.8 cm³/mol. The van der Waals surface area contributed by atoms with Gasteiger partial charge >= 0.3 is 0 Å². The molecule has 1 saturated carbocycles. The van der Waals surface area contributed by atoms with Crippen LogP contribution >= 0.6 is 0 Å². The summed E-state index contributed by atoms with van der Waals surface area (Å²) in [5, 5.41) is 9.95. The molecule has 2 fully saturated rings. The third-order valence-electron chi connectivity index (χ3n) is 5.00. The van der Waals surface area contributed by atoms with E-state index in [2.05, 4.69) is 65.6 Å². The highest BCUT2D eigenvalue weighted by Crippen LogP contribution is 2.40. The lowest BCUT2D eigenvalue weighted by Crippen LogP contribution is -2.43. The van der Waals surface area contributed by atoms with Gasteiger partial charge in [0.05, 0.1) is 6.10 Å². The van der Waals surface area contributed by atoms with E-state index in [9.17, 15) is 5.11 Å². The summed E-state index contributed by atoms with van der Waals surface area (Å²) in [5.41, 5.74) is 2.65. The zero-order valence-electron chi connectivity index (χ0n) is 13.2. The molecule has 1 aliphatic heterocycles. The number of nitrogens with zero attached hydrogens (tertiary/aromatic N) is 1. The van der Waals surface area contributed by atoms with Gasteiger partial charge < -0.3 is 9.84 Å². The second-order valence-corrected chi connectivity index (χ2v) is 6.65. The summed E-state index contributed by atoms with van der Waals surface area (Å²) in [6.07, 6.45) is 1.83. The van der Waals surface area contributed by atoms with E-state index in [1.807, 2.05) is 0 Å². The first kappa shape index (κ1) is 14.9. The van der Waals surface area contributed by atoms with Gasteiger partial charge in [-0.15, -0.1) is 0 Å². The molecular weight excluding hydrogens is 286 g/mol. The van der Waals surface area contributed by atoms with Gasteiger partial charge in [0.15, 0.2) is 0 Å². The van der Waals surface area contributed by atoms with Crippen molar-refractivity contribution in [2.24, 2.45) is 0 Å². The molecule has 23 heavy (non-hydrogen) atoms. The molecule has 2 aromatic carbocycles. The van der Waals surface area contributed by atoms with Gasteiger partial charge in [-0.2, -0.15) is 0 Å². The Balaban J connectivity index is 1.53. The topological polar surface area (TPSA) is 36.0 Å². The summed E-state index contributed by atoms with van der Waals surface area (Å²) in [4.78, 5) is 2.52. The van der Waals surface area contributed by atoms with Crippen LogP contribution in [0.4, 0.5) is 0 Å². The molecule has 3 nitrogen and oxygen atoms in total. The summed E-state index contributed by atoms with van der Waals surface area (Å²) in [6.45, 7) is 1.84. The maximum atomic E-state index is 9.95. The number of fused-ring (bicyclic) bond motifs is 1. The highest BCUT2D eigenvalue weighted by Gasteiger charge is 2.53. The highest BCUT2D eigenvalue weighted by atomic mass is 16.6. The van der Waals surface area contributed by atoms with Crippen molar-refractivity contribution in [3.05, 3.63) is 71.8 Å². The van der Waals surface area contributed by atoms with E-state index < -0.39 is 0 Å². The van der Waals surface area contributed by atoms with E-state index in [1.165, 1.54) is 11.1 Å². The number of epoxide rings is 1. The number of hydrogen-bond donors (Lipinski definition) is 1. The minimum atomic E-state index is -0.272. The minimum Gasteiger partial charge on any atom is -0.390 e. The first-order valence-electron chi connectivity index (χ1n) is 8.47. The summed E-state index contributed by atoms with van der Waals surface area (Å²) < 4.78 is 5.77. The maximum absolute atomic E-state index is 9.95. The van der Waals surface area contributed by atoms with E-state index >= 15 is 0 Å². The molecule has 1 aliphatic carbocycles. The quantitative estimate of drug-likeness (QED) is 0.863. The van der Waals surface area contributed by atoms with Gasteiger partial charge in [0, 0.05) is 19.1 Å². The van der Waals surface area contributed by atoms with Crippen LogP contribution in [0.25, 0.3) is 0 Å². The number of rotatable bonds is 5. The lowest BCUT2D eigenvalue weighted by Gasteiger charge is -2.33. The number of aliphatic hydroxyl groups excluding tert-OH is 1. The lowest BCUT2D eigenvalue weighted by molar-refractivity contribution is 0.0903. The maximum Gasteiger partial charge on any atom is 0.112 e. The Morgan fingerprint density at radius 1 is 0.826 bits per heavy atom. The molecule has 120 valence electrons. The second-order valence-electron chi connectivity index (χ2n) is 6.65. The standard InChI is InChI=1S/C20H23NO2/c22-18-12-11-17(19-20(18)23-19)21(13-15-7-3-1-4-8-15)14-16-9-5-2-6-10-16/h1-10,17-20,22H,11-14H2/t17-,18+,19+,20-/m1/s1. The molecular formula is C20H23NO2. The zero-order chi connectivity index (χ0) is 15.6. The first-order chi connectivity index (χ1) is 11.3. The summed E-state index contributed by atoms with van der Waals surface area (Å²) in [5.74, 6) is 0. The molecule has 4 rings (SSSR count). The molecule has 2 aromatic rings. The lowest BCUT2D eigenvalue weighted by atomic mass is 9.91. The molecule has 1 saturated heterocycles. The largest absolute Gasteiger partial charge is 0.390 e. The van der Waals surface area contributed by atoms with E-state index in [0.29, 0.717) is 6.04 Å².